The SMILES string of the molecule is COc1ccc(/C=N\NC(=O)c2ccc(NS(=O)(=O)c3ccc(Cl)cc3)cc2)cc1OC. The predicted octanol–water partition coefficient (Wildman–Crippen LogP) is 3.92. The Morgan fingerprint density at radius 1 is 0.938 bits per heavy atom. The van der Waals surface area contributed by atoms with Crippen LogP contribution in [0.2, 0.25) is 5.02 Å². The molecule has 32 heavy (non-hydrogen) atoms. The summed E-state index contributed by atoms with van der Waals surface area (Å²) in [6, 6.07) is 17.0. The lowest BCUT2D eigenvalue weighted by molar-refractivity contribution is 0.0955. The van der Waals surface area contributed by atoms with Gasteiger partial charge in [-0.15, -0.1) is 0 Å². The number of nitrogens with one attached hydrogen (secondary N) is 2. The summed E-state index contributed by atoms with van der Waals surface area (Å²) >= 11 is 5.79. The van der Waals surface area contributed by atoms with Crippen LogP contribution in [0.1, 0.15) is 15.9 Å². The third-order valence-corrected chi connectivity index (χ3v) is 5.96. The molecule has 10 heteroatoms. The largest absolute Gasteiger partial charge is 0.493 e. The summed E-state index contributed by atoms with van der Waals surface area (Å²) in [4.78, 5) is 12.4. The molecule has 0 unspecified atom stereocenters. The molecule has 0 heterocycles. The van der Waals surface area contributed by atoms with Gasteiger partial charge in [0.25, 0.3) is 15.9 Å². The molecular formula is C22H20ClN3O5S. The van der Waals surface area contributed by atoms with Gasteiger partial charge in [-0.05, 0) is 72.3 Å². The molecule has 0 saturated carbocycles. The number of anilines is 1. The summed E-state index contributed by atoms with van der Waals surface area (Å²) in [6.45, 7) is 0. The third-order valence-electron chi connectivity index (χ3n) is 4.31. The standard InChI is InChI=1S/C22H20ClN3O5S/c1-30-20-12-3-15(13-21(20)31-2)14-24-25-22(27)16-4-8-18(9-5-16)26-32(28,29)19-10-6-17(23)7-11-19/h3-14,26H,1-2H3,(H,25,27)/b24-14-. The highest BCUT2D eigenvalue weighted by atomic mass is 35.5. The van der Waals surface area contributed by atoms with Crippen LogP contribution in [0, 0.1) is 0 Å². The molecule has 0 aliphatic rings. The predicted molar refractivity (Wildman–Crippen MR) is 123 cm³/mol. The summed E-state index contributed by atoms with van der Waals surface area (Å²) in [7, 11) is -0.702. The third kappa shape index (κ3) is 5.77. The van der Waals surface area contributed by atoms with Gasteiger partial charge in [-0.1, -0.05) is 11.6 Å². The van der Waals surface area contributed by atoms with Crippen LogP contribution < -0.4 is 19.6 Å². The van der Waals surface area contributed by atoms with Crippen molar-refractivity contribution in [2.75, 3.05) is 18.9 Å². The Labute approximate surface area is 190 Å². The first-order valence-electron chi connectivity index (χ1n) is 9.26. The molecule has 8 nitrogen and oxygen atoms in total. The fourth-order valence-electron chi connectivity index (χ4n) is 2.68. The smallest absolute Gasteiger partial charge is 0.271 e. The van der Waals surface area contributed by atoms with Gasteiger partial charge in [-0.25, -0.2) is 13.8 Å². The van der Waals surface area contributed by atoms with Crippen LogP contribution in [-0.2, 0) is 10.0 Å². The second-order valence-electron chi connectivity index (χ2n) is 6.45. The Morgan fingerprint density at radius 2 is 1.59 bits per heavy atom. The monoisotopic (exact) mass is 473 g/mol. The number of ether oxygens (including phenoxy) is 2. The zero-order valence-electron chi connectivity index (χ0n) is 17.2. The van der Waals surface area contributed by atoms with Gasteiger partial charge in [-0.3, -0.25) is 9.52 Å². The normalized spacial score (nSPS) is 11.2. The Morgan fingerprint density at radius 3 is 2.22 bits per heavy atom. The molecule has 0 aromatic heterocycles. The molecule has 0 atom stereocenters. The topological polar surface area (TPSA) is 106 Å². The van der Waals surface area contributed by atoms with Crippen molar-refractivity contribution in [1.82, 2.24) is 5.43 Å². The molecule has 2 N–H and O–H groups in total. The molecule has 0 radical (unpaired) electrons. The second kappa shape index (κ2) is 10.2. The zero-order chi connectivity index (χ0) is 23.1. The highest BCUT2D eigenvalue weighted by Gasteiger charge is 2.14. The van der Waals surface area contributed by atoms with E-state index in [2.05, 4.69) is 15.2 Å². The van der Waals surface area contributed by atoms with Crippen LogP contribution in [0.3, 0.4) is 0 Å². The number of hydrogen-bond donors (Lipinski definition) is 2. The molecule has 0 aliphatic carbocycles. The lowest BCUT2D eigenvalue weighted by Gasteiger charge is -2.09. The molecule has 0 saturated heterocycles. The molecule has 0 fully saturated rings. The van der Waals surface area contributed by atoms with Crippen LogP contribution in [0.5, 0.6) is 11.5 Å². The highest BCUT2D eigenvalue weighted by Crippen LogP contribution is 2.26. The van der Waals surface area contributed by atoms with E-state index in [9.17, 15) is 13.2 Å². The molecule has 0 aliphatic heterocycles. The van der Waals surface area contributed by atoms with E-state index in [1.807, 2.05) is 0 Å². The van der Waals surface area contributed by atoms with Crippen LogP contribution in [0.15, 0.2) is 76.7 Å². The second-order valence-corrected chi connectivity index (χ2v) is 8.57. The number of carbonyl (C=O) groups excluding carboxylic acids is 1. The zero-order valence-corrected chi connectivity index (χ0v) is 18.8. The number of amides is 1. The average molecular weight is 474 g/mol. The van der Waals surface area contributed by atoms with Gasteiger partial charge in [0, 0.05) is 16.3 Å². The number of carbonyl (C=O) groups is 1. The quantitative estimate of drug-likeness (QED) is 0.381. The fourth-order valence-corrected chi connectivity index (χ4v) is 3.87. The minimum Gasteiger partial charge on any atom is -0.493 e. The van der Waals surface area contributed by atoms with E-state index in [-0.39, 0.29) is 4.90 Å². The van der Waals surface area contributed by atoms with Crippen molar-refractivity contribution in [3.63, 3.8) is 0 Å². The van der Waals surface area contributed by atoms with Crippen LogP contribution >= 0.6 is 11.6 Å². The molecule has 0 bridgehead atoms. The number of hydrazone groups is 1. The Balaban J connectivity index is 1.62. The van der Waals surface area contributed by atoms with E-state index in [0.29, 0.717) is 33.3 Å². The van der Waals surface area contributed by atoms with Gasteiger partial charge in [0.05, 0.1) is 25.3 Å². The number of hydrogen-bond acceptors (Lipinski definition) is 6. The van der Waals surface area contributed by atoms with E-state index in [4.69, 9.17) is 21.1 Å². The van der Waals surface area contributed by atoms with E-state index in [1.165, 1.54) is 61.9 Å². The fraction of sp³-hybridized carbons (Fsp3) is 0.0909. The van der Waals surface area contributed by atoms with Crippen LogP contribution in [0.25, 0.3) is 0 Å². The molecule has 166 valence electrons. The molecule has 3 aromatic rings. The van der Waals surface area contributed by atoms with Crippen molar-refractivity contribution in [2.24, 2.45) is 5.10 Å². The van der Waals surface area contributed by atoms with E-state index >= 15 is 0 Å². The number of sulfonamides is 1. The first kappa shape index (κ1) is 23.1. The average Bonchev–Trinajstić information content (AvgIpc) is 2.79. The van der Waals surface area contributed by atoms with Gasteiger partial charge >= 0.3 is 0 Å². The lowest BCUT2D eigenvalue weighted by atomic mass is 10.2. The molecule has 3 aromatic carbocycles. The Bertz CT molecular complexity index is 1230. The van der Waals surface area contributed by atoms with Crippen molar-refractivity contribution in [3.8, 4) is 11.5 Å². The van der Waals surface area contributed by atoms with E-state index in [1.54, 1.807) is 25.3 Å². The number of methoxy groups -OCH3 is 2. The highest BCUT2D eigenvalue weighted by molar-refractivity contribution is 7.92. The first-order chi connectivity index (χ1) is 15.3. The van der Waals surface area contributed by atoms with E-state index in [0.717, 1.165) is 0 Å². The number of nitrogens with zero attached hydrogens (tertiary/aromatic N) is 1. The molecule has 0 spiro atoms. The molecule has 1 amide bonds. The minimum absolute atomic E-state index is 0.0771. The maximum atomic E-state index is 12.4. The van der Waals surface area contributed by atoms with Gasteiger partial charge in [0.2, 0.25) is 0 Å². The van der Waals surface area contributed by atoms with Gasteiger partial charge < -0.3 is 9.47 Å². The van der Waals surface area contributed by atoms with Crippen molar-refractivity contribution in [2.45, 2.75) is 4.90 Å². The van der Waals surface area contributed by atoms with Crippen molar-refractivity contribution in [1.29, 1.82) is 0 Å². The maximum Gasteiger partial charge on any atom is 0.271 e. The van der Waals surface area contributed by atoms with Gasteiger partial charge in [-0.2, -0.15) is 5.10 Å². The lowest BCUT2D eigenvalue weighted by Crippen LogP contribution is -2.18. The van der Waals surface area contributed by atoms with Crippen LogP contribution in [-0.4, -0.2) is 34.8 Å². The van der Waals surface area contributed by atoms with Crippen molar-refractivity contribution in [3.05, 3.63) is 82.9 Å². The van der Waals surface area contributed by atoms with Gasteiger partial charge in [0.1, 0.15) is 0 Å². The van der Waals surface area contributed by atoms with Crippen LogP contribution in [0.4, 0.5) is 5.69 Å². The Hall–Kier alpha value is -3.56. The number of halogens is 1. The summed E-state index contributed by atoms with van der Waals surface area (Å²) in [5.74, 6) is 0.675. The van der Waals surface area contributed by atoms with Gasteiger partial charge in [0.15, 0.2) is 11.5 Å². The molecular weight excluding hydrogens is 454 g/mol. The minimum atomic E-state index is -3.77. The first-order valence-corrected chi connectivity index (χ1v) is 11.1. The summed E-state index contributed by atoms with van der Waals surface area (Å²) < 4.78 is 37.7. The summed E-state index contributed by atoms with van der Waals surface area (Å²) in [5.41, 5.74) is 3.74. The van der Waals surface area contributed by atoms with Crippen molar-refractivity contribution < 1.29 is 22.7 Å². The molecule has 3 rings (SSSR count). The van der Waals surface area contributed by atoms with E-state index < -0.39 is 15.9 Å². The number of benzene rings is 3. The summed E-state index contributed by atoms with van der Waals surface area (Å²) in [6.07, 6.45) is 1.47. The van der Waals surface area contributed by atoms with Crippen molar-refractivity contribution >= 4 is 39.4 Å². The number of rotatable bonds is 8. The Kier molecular flexibility index (Phi) is 7.34. The maximum absolute atomic E-state index is 12.4. The summed E-state index contributed by atoms with van der Waals surface area (Å²) in [5, 5.41) is 4.37.